The second kappa shape index (κ2) is 7.55. The lowest BCUT2D eigenvalue weighted by molar-refractivity contribution is 0.102. The third kappa shape index (κ3) is 3.84. The highest BCUT2D eigenvalue weighted by atomic mass is 19.1. The molecule has 0 fully saturated rings. The topological polar surface area (TPSA) is 112 Å². The number of hydrogen-bond acceptors (Lipinski definition) is 6. The third-order valence-electron chi connectivity index (χ3n) is 4.30. The molecular formula is C20H17FN6O2. The molecule has 146 valence electrons. The summed E-state index contributed by atoms with van der Waals surface area (Å²) in [5, 5.41) is 10.4. The van der Waals surface area contributed by atoms with Crippen LogP contribution in [0.5, 0.6) is 0 Å². The maximum atomic E-state index is 13.0. The fourth-order valence-electron chi connectivity index (χ4n) is 2.74. The van der Waals surface area contributed by atoms with Crippen LogP contribution in [0.1, 0.15) is 21.9 Å². The molecule has 4 aromatic rings. The number of rotatable bonds is 5. The van der Waals surface area contributed by atoms with Crippen molar-refractivity contribution in [3.63, 3.8) is 0 Å². The normalized spacial score (nSPS) is 10.8. The summed E-state index contributed by atoms with van der Waals surface area (Å²) in [6.07, 6.45) is 0. The smallest absolute Gasteiger partial charge is 0.280 e. The SMILES string of the molecule is Cc1oc(-c2ccccc2)nc1Cn1nnc(C(=O)Nc2ccc(F)cc2)c1N. The second-order valence-corrected chi connectivity index (χ2v) is 6.33. The van der Waals surface area contributed by atoms with Crippen LogP contribution in [0.4, 0.5) is 15.9 Å². The molecule has 0 aliphatic rings. The number of hydrogen-bond donors (Lipinski definition) is 2. The minimum absolute atomic E-state index is 0.0289. The molecule has 4 rings (SSSR count). The van der Waals surface area contributed by atoms with Gasteiger partial charge in [0, 0.05) is 11.3 Å². The van der Waals surface area contributed by atoms with Gasteiger partial charge in [0.25, 0.3) is 5.91 Å². The number of aryl methyl sites for hydroxylation is 1. The highest BCUT2D eigenvalue weighted by Crippen LogP contribution is 2.22. The average molecular weight is 392 g/mol. The van der Waals surface area contributed by atoms with Gasteiger partial charge in [-0.2, -0.15) is 0 Å². The van der Waals surface area contributed by atoms with Gasteiger partial charge < -0.3 is 15.5 Å². The minimum Gasteiger partial charge on any atom is -0.441 e. The Morgan fingerprint density at radius 3 is 2.62 bits per heavy atom. The van der Waals surface area contributed by atoms with Gasteiger partial charge in [-0.15, -0.1) is 5.10 Å². The zero-order valence-electron chi connectivity index (χ0n) is 15.5. The van der Waals surface area contributed by atoms with E-state index in [0.717, 1.165) is 5.56 Å². The first-order valence-electron chi connectivity index (χ1n) is 8.79. The Morgan fingerprint density at radius 1 is 1.17 bits per heavy atom. The monoisotopic (exact) mass is 392 g/mol. The number of nitrogen functional groups attached to an aromatic ring is 1. The van der Waals surface area contributed by atoms with Gasteiger partial charge in [-0.25, -0.2) is 14.1 Å². The summed E-state index contributed by atoms with van der Waals surface area (Å²) in [7, 11) is 0. The molecule has 0 radical (unpaired) electrons. The van der Waals surface area contributed by atoms with E-state index in [4.69, 9.17) is 10.2 Å². The number of oxazole rings is 1. The molecule has 0 saturated heterocycles. The Balaban J connectivity index is 1.52. The van der Waals surface area contributed by atoms with Crippen molar-refractivity contribution in [3.8, 4) is 11.5 Å². The molecule has 8 nitrogen and oxygen atoms in total. The van der Waals surface area contributed by atoms with Gasteiger partial charge in [0.1, 0.15) is 17.3 Å². The van der Waals surface area contributed by atoms with E-state index >= 15 is 0 Å². The predicted octanol–water partition coefficient (Wildman–Crippen LogP) is 3.26. The molecule has 2 aromatic heterocycles. The summed E-state index contributed by atoms with van der Waals surface area (Å²) in [6.45, 7) is 1.99. The Kier molecular flexibility index (Phi) is 4.78. The van der Waals surface area contributed by atoms with Crippen LogP contribution in [0.15, 0.2) is 59.0 Å². The number of nitrogens with zero attached hydrogens (tertiary/aromatic N) is 4. The lowest BCUT2D eigenvalue weighted by Crippen LogP contribution is -2.15. The maximum Gasteiger partial charge on any atom is 0.280 e. The molecule has 9 heteroatoms. The predicted molar refractivity (Wildman–Crippen MR) is 105 cm³/mol. The van der Waals surface area contributed by atoms with Crippen LogP contribution in [0.3, 0.4) is 0 Å². The van der Waals surface area contributed by atoms with Crippen LogP contribution in [0, 0.1) is 12.7 Å². The summed E-state index contributed by atoms with van der Waals surface area (Å²) in [4.78, 5) is 16.9. The van der Waals surface area contributed by atoms with Crippen LogP contribution in [-0.4, -0.2) is 25.9 Å². The molecule has 3 N–H and O–H groups in total. The van der Waals surface area contributed by atoms with Gasteiger partial charge in [-0.3, -0.25) is 4.79 Å². The largest absolute Gasteiger partial charge is 0.441 e. The first kappa shape index (κ1) is 18.4. The van der Waals surface area contributed by atoms with E-state index in [-0.39, 0.29) is 18.1 Å². The third-order valence-corrected chi connectivity index (χ3v) is 4.30. The quantitative estimate of drug-likeness (QED) is 0.539. The molecule has 2 heterocycles. The van der Waals surface area contributed by atoms with Gasteiger partial charge in [-0.1, -0.05) is 23.4 Å². The molecule has 0 aliphatic heterocycles. The lowest BCUT2D eigenvalue weighted by atomic mass is 10.2. The van der Waals surface area contributed by atoms with Crippen molar-refractivity contribution in [1.82, 2.24) is 20.0 Å². The highest BCUT2D eigenvalue weighted by Gasteiger charge is 2.20. The van der Waals surface area contributed by atoms with E-state index in [9.17, 15) is 9.18 Å². The van der Waals surface area contributed by atoms with Crippen LogP contribution in [0.2, 0.25) is 0 Å². The Bertz CT molecular complexity index is 1150. The van der Waals surface area contributed by atoms with Crippen molar-refractivity contribution in [2.45, 2.75) is 13.5 Å². The highest BCUT2D eigenvalue weighted by molar-refractivity contribution is 6.05. The Labute approximate surface area is 165 Å². The van der Waals surface area contributed by atoms with Crippen molar-refractivity contribution in [3.05, 3.63) is 77.6 Å². The van der Waals surface area contributed by atoms with Crippen LogP contribution >= 0.6 is 0 Å². The maximum absolute atomic E-state index is 13.0. The first-order valence-corrected chi connectivity index (χ1v) is 8.79. The van der Waals surface area contributed by atoms with Gasteiger partial charge in [0.15, 0.2) is 11.5 Å². The van der Waals surface area contributed by atoms with Crippen LogP contribution < -0.4 is 11.1 Å². The van der Waals surface area contributed by atoms with Crippen molar-refractivity contribution in [1.29, 1.82) is 0 Å². The molecule has 29 heavy (non-hydrogen) atoms. The summed E-state index contributed by atoms with van der Waals surface area (Å²) >= 11 is 0. The van der Waals surface area contributed by atoms with E-state index in [1.165, 1.54) is 28.9 Å². The fraction of sp³-hybridized carbons (Fsp3) is 0.100. The first-order chi connectivity index (χ1) is 14.0. The average Bonchev–Trinajstić information content (AvgIpc) is 3.28. The number of nitrogens with one attached hydrogen (secondary N) is 1. The molecular weight excluding hydrogens is 375 g/mol. The van der Waals surface area contributed by atoms with Gasteiger partial charge in [0.05, 0.1) is 6.54 Å². The van der Waals surface area contributed by atoms with Gasteiger partial charge in [0.2, 0.25) is 5.89 Å². The zero-order valence-corrected chi connectivity index (χ0v) is 15.5. The molecule has 1 amide bonds. The molecule has 0 saturated carbocycles. The van der Waals surface area contributed by atoms with Crippen LogP contribution in [-0.2, 0) is 6.54 Å². The number of anilines is 2. The van der Waals surface area contributed by atoms with E-state index < -0.39 is 11.7 Å². The molecule has 2 aromatic carbocycles. The number of amides is 1. The zero-order chi connectivity index (χ0) is 20.4. The van der Waals surface area contributed by atoms with E-state index in [1.54, 1.807) is 6.92 Å². The Hall–Kier alpha value is -4.01. The number of halogens is 1. The number of aromatic nitrogens is 4. The lowest BCUT2D eigenvalue weighted by Gasteiger charge is -2.04. The van der Waals surface area contributed by atoms with E-state index in [0.29, 0.717) is 23.0 Å². The van der Waals surface area contributed by atoms with Gasteiger partial charge in [-0.05, 0) is 43.3 Å². The molecule has 0 spiro atoms. The number of benzene rings is 2. The number of nitrogens with two attached hydrogens (primary N) is 1. The molecule has 0 atom stereocenters. The Morgan fingerprint density at radius 2 is 1.90 bits per heavy atom. The minimum atomic E-state index is -0.540. The molecule has 0 unspecified atom stereocenters. The number of carbonyl (C=O) groups excluding carboxylic acids is 1. The van der Waals surface area contributed by atoms with Crippen molar-refractivity contribution in [2.24, 2.45) is 0 Å². The van der Waals surface area contributed by atoms with Gasteiger partial charge >= 0.3 is 0 Å². The standard InChI is InChI=1S/C20H17FN6O2/c1-12-16(24-20(29-12)13-5-3-2-4-6-13)11-27-18(22)17(25-26-27)19(28)23-15-9-7-14(21)8-10-15/h2-10H,11,22H2,1H3,(H,23,28). The van der Waals surface area contributed by atoms with Crippen molar-refractivity contribution >= 4 is 17.4 Å². The summed E-state index contributed by atoms with van der Waals surface area (Å²) < 4.78 is 20.1. The number of carbonyl (C=O) groups is 1. The van der Waals surface area contributed by atoms with Crippen molar-refractivity contribution < 1.29 is 13.6 Å². The summed E-state index contributed by atoms with van der Waals surface area (Å²) in [5.74, 6) is 0.268. The van der Waals surface area contributed by atoms with E-state index in [1.807, 2.05) is 30.3 Å². The molecule has 0 bridgehead atoms. The molecule has 0 aliphatic carbocycles. The summed E-state index contributed by atoms with van der Waals surface area (Å²) in [5.41, 5.74) is 7.93. The van der Waals surface area contributed by atoms with Crippen molar-refractivity contribution in [2.75, 3.05) is 11.1 Å². The summed E-state index contributed by atoms with van der Waals surface area (Å²) in [6, 6.07) is 14.9. The fourth-order valence-corrected chi connectivity index (χ4v) is 2.74. The van der Waals surface area contributed by atoms with E-state index in [2.05, 4.69) is 20.6 Å². The second-order valence-electron chi connectivity index (χ2n) is 6.33. The van der Waals surface area contributed by atoms with Crippen LogP contribution in [0.25, 0.3) is 11.5 Å².